The summed E-state index contributed by atoms with van der Waals surface area (Å²) in [6.07, 6.45) is 1.73. The molecule has 4 nitrogen and oxygen atoms in total. The average Bonchev–Trinajstić information content (AvgIpc) is 3.14. The van der Waals surface area contributed by atoms with Crippen molar-refractivity contribution < 1.29 is 4.79 Å². The van der Waals surface area contributed by atoms with Crippen LogP contribution in [0.25, 0.3) is 0 Å². The Balaban J connectivity index is 1.74. The highest BCUT2D eigenvalue weighted by Gasteiger charge is 2.38. The number of hydrogen-bond donors (Lipinski definition) is 0. The summed E-state index contributed by atoms with van der Waals surface area (Å²) in [5.74, 6) is -0.0199. The van der Waals surface area contributed by atoms with Gasteiger partial charge in [-0.05, 0) is 48.5 Å². The Hall–Kier alpha value is -2.44. The number of hydrogen-bond acceptors (Lipinski definition) is 5. The van der Waals surface area contributed by atoms with Crippen LogP contribution in [0.5, 0.6) is 0 Å². The van der Waals surface area contributed by atoms with Gasteiger partial charge in [0.2, 0.25) is 0 Å². The zero-order chi connectivity index (χ0) is 19.0. The number of nitrogens with zero attached hydrogens (tertiary/aromatic N) is 3. The second-order valence-corrected chi connectivity index (χ2v) is 8.31. The molecule has 0 bridgehead atoms. The quantitative estimate of drug-likeness (QED) is 0.533. The number of amidine groups is 1. The Morgan fingerprint density at radius 1 is 1.15 bits per heavy atom. The molecule has 27 heavy (non-hydrogen) atoms. The Morgan fingerprint density at radius 3 is 2.70 bits per heavy atom. The van der Waals surface area contributed by atoms with Crippen LogP contribution in [-0.2, 0) is 4.79 Å². The van der Waals surface area contributed by atoms with E-state index in [1.807, 2.05) is 50.4 Å². The summed E-state index contributed by atoms with van der Waals surface area (Å²) in [6.45, 7) is 6.27. The summed E-state index contributed by atoms with van der Waals surface area (Å²) in [4.78, 5) is 23.5. The molecule has 4 rings (SSSR count). The summed E-state index contributed by atoms with van der Waals surface area (Å²) in [6, 6.07) is 16.2. The first-order valence-electron chi connectivity index (χ1n) is 8.59. The zero-order valence-corrected chi connectivity index (χ0v) is 16.8. The minimum atomic E-state index is -0.0199. The first-order chi connectivity index (χ1) is 13.1. The van der Waals surface area contributed by atoms with Gasteiger partial charge in [-0.25, -0.2) is 4.99 Å². The van der Waals surface area contributed by atoms with Gasteiger partial charge in [0.1, 0.15) is 4.91 Å². The molecule has 0 spiro atoms. The van der Waals surface area contributed by atoms with Crippen molar-refractivity contribution in [2.24, 2.45) is 4.99 Å². The lowest BCUT2D eigenvalue weighted by molar-refractivity contribution is -0.121. The highest BCUT2D eigenvalue weighted by molar-refractivity contribution is 8.19. The highest BCUT2D eigenvalue weighted by Crippen LogP contribution is 2.49. The number of fused-ring (bicyclic) bond motifs is 1. The van der Waals surface area contributed by atoms with Crippen LogP contribution in [0.4, 0.5) is 11.4 Å². The van der Waals surface area contributed by atoms with Gasteiger partial charge < -0.3 is 4.90 Å². The summed E-state index contributed by atoms with van der Waals surface area (Å²) >= 11 is 3.07. The molecule has 6 heteroatoms. The van der Waals surface area contributed by atoms with Gasteiger partial charge in [-0.2, -0.15) is 0 Å². The molecule has 2 aliphatic rings. The summed E-state index contributed by atoms with van der Waals surface area (Å²) in [5.41, 5.74) is 3.11. The van der Waals surface area contributed by atoms with Gasteiger partial charge in [-0.1, -0.05) is 42.1 Å². The van der Waals surface area contributed by atoms with E-state index in [1.165, 1.54) is 11.8 Å². The van der Waals surface area contributed by atoms with Crippen LogP contribution in [0.15, 0.2) is 81.0 Å². The Kier molecular flexibility index (Phi) is 4.85. The number of aliphatic imine (C=N–C) groups is 1. The van der Waals surface area contributed by atoms with Gasteiger partial charge in [-0.3, -0.25) is 9.69 Å². The number of rotatable bonds is 3. The smallest absolute Gasteiger partial charge is 0.269 e. The largest absolute Gasteiger partial charge is 0.337 e. The first-order valence-corrected chi connectivity index (χ1v) is 10.2. The molecule has 0 N–H and O–H groups in total. The molecule has 136 valence electrons. The molecular formula is C21H19N3OS2. The number of anilines is 1. The maximum atomic E-state index is 13.1. The Morgan fingerprint density at radius 2 is 1.96 bits per heavy atom. The highest BCUT2D eigenvalue weighted by atomic mass is 32.2. The fourth-order valence-corrected chi connectivity index (χ4v) is 5.37. The summed E-state index contributed by atoms with van der Waals surface area (Å²) < 4.78 is 0. The normalized spacial score (nSPS) is 20.5. The number of aryl methyl sites for hydroxylation is 1. The molecule has 2 aromatic carbocycles. The molecule has 1 saturated heterocycles. The van der Waals surface area contributed by atoms with Crippen LogP contribution < -0.4 is 4.90 Å². The molecule has 0 saturated carbocycles. The van der Waals surface area contributed by atoms with Crippen LogP contribution >= 0.6 is 23.5 Å². The fraction of sp³-hybridized carbons (Fsp3) is 0.143. The molecule has 1 fully saturated rings. The van der Waals surface area contributed by atoms with Crippen molar-refractivity contribution in [3.05, 3.63) is 76.7 Å². The molecule has 0 aromatic heterocycles. The lowest BCUT2D eigenvalue weighted by Crippen LogP contribution is -2.29. The van der Waals surface area contributed by atoms with Crippen molar-refractivity contribution in [3.63, 3.8) is 0 Å². The lowest BCUT2D eigenvalue weighted by Gasteiger charge is -2.15. The minimum absolute atomic E-state index is 0.0199. The first kappa shape index (κ1) is 17.9. The van der Waals surface area contributed by atoms with Gasteiger partial charge in [0.05, 0.1) is 16.4 Å². The van der Waals surface area contributed by atoms with Crippen LogP contribution in [0.3, 0.4) is 0 Å². The van der Waals surface area contributed by atoms with E-state index in [9.17, 15) is 4.79 Å². The number of carbonyl (C=O) groups excluding carboxylic acids is 1. The van der Waals surface area contributed by atoms with Gasteiger partial charge in [0.15, 0.2) is 5.17 Å². The summed E-state index contributed by atoms with van der Waals surface area (Å²) in [5, 5.41) is 1.65. The van der Waals surface area contributed by atoms with Crippen molar-refractivity contribution in [2.45, 2.75) is 11.8 Å². The SMILES string of the molecule is C=CCN1C(=O)/C(=C2/Sc3ccccc3N2C)SC1=Nc1cccc(C)c1. The molecular weight excluding hydrogens is 374 g/mol. The standard InChI is InChI=1S/C21H19N3OS2/c1-4-12-24-19(25)18(20-23(3)16-10-5-6-11-17(16)26-20)27-21(24)22-15-9-7-8-14(2)13-15/h4-11,13H,1,12H2,2-3H3/b20-18-,22-21?. The van der Waals surface area contributed by atoms with Crippen molar-refractivity contribution in [1.29, 1.82) is 0 Å². The molecule has 2 aliphatic heterocycles. The van der Waals surface area contributed by atoms with E-state index in [-0.39, 0.29) is 5.91 Å². The van der Waals surface area contributed by atoms with Crippen molar-refractivity contribution >= 4 is 46.0 Å². The predicted molar refractivity (Wildman–Crippen MR) is 116 cm³/mol. The van der Waals surface area contributed by atoms with Gasteiger partial charge in [-0.15, -0.1) is 6.58 Å². The number of para-hydroxylation sites is 1. The number of benzene rings is 2. The third-order valence-corrected chi connectivity index (χ3v) is 6.77. The number of amides is 1. The Labute approximate surface area is 167 Å². The van der Waals surface area contributed by atoms with E-state index in [2.05, 4.69) is 23.6 Å². The molecule has 2 aromatic rings. The van der Waals surface area contributed by atoms with E-state index in [0.717, 1.165) is 26.9 Å². The molecule has 0 atom stereocenters. The van der Waals surface area contributed by atoms with Crippen LogP contribution in [-0.4, -0.2) is 29.6 Å². The second kappa shape index (κ2) is 7.29. The van der Waals surface area contributed by atoms with Gasteiger partial charge in [0.25, 0.3) is 5.91 Å². The topological polar surface area (TPSA) is 35.9 Å². The third kappa shape index (κ3) is 3.31. The second-order valence-electron chi connectivity index (χ2n) is 6.30. The molecule has 0 unspecified atom stereocenters. The average molecular weight is 394 g/mol. The van der Waals surface area contributed by atoms with Gasteiger partial charge in [0, 0.05) is 18.5 Å². The van der Waals surface area contributed by atoms with Gasteiger partial charge >= 0.3 is 0 Å². The van der Waals surface area contributed by atoms with Crippen molar-refractivity contribution in [3.8, 4) is 0 Å². The van der Waals surface area contributed by atoms with E-state index in [0.29, 0.717) is 16.6 Å². The monoisotopic (exact) mass is 393 g/mol. The molecule has 0 aliphatic carbocycles. The van der Waals surface area contributed by atoms with E-state index >= 15 is 0 Å². The maximum Gasteiger partial charge on any atom is 0.269 e. The van der Waals surface area contributed by atoms with E-state index in [4.69, 9.17) is 4.99 Å². The van der Waals surface area contributed by atoms with E-state index < -0.39 is 0 Å². The van der Waals surface area contributed by atoms with Crippen LogP contribution in [0, 0.1) is 6.92 Å². The zero-order valence-electron chi connectivity index (χ0n) is 15.2. The minimum Gasteiger partial charge on any atom is -0.337 e. The summed E-state index contributed by atoms with van der Waals surface area (Å²) in [7, 11) is 2.00. The maximum absolute atomic E-state index is 13.1. The van der Waals surface area contributed by atoms with E-state index in [1.54, 1.807) is 22.7 Å². The lowest BCUT2D eigenvalue weighted by atomic mass is 10.2. The van der Waals surface area contributed by atoms with Crippen LogP contribution in [0.2, 0.25) is 0 Å². The predicted octanol–water partition coefficient (Wildman–Crippen LogP) is 5.16. The number of carbonyl (C=O) groups is 1. The third-order valence-electron chi connectivity index (χ3n) is 4.33. The molecule has 0 radical (unpaired) electrons. The number of thioether (sulfide) groups is 2. The van der Waals surface area contributed by atoms with Crippen molar-refractivity contribution in [1.82, 2.24) is 4.90 Å². The van der Waals surface area contributed by atoms with Crippen LogP contribution in [0.1, 0.15) is 5.56 Å². The fourth-order valence-electron chi connectivity index (χ4n) is 3.02. The van der Waals surface area contributed by atoms with Crippen molar-refractivity contribution in [2.75, 3.05) is 18.5 Å². The Bertz CT molecular complexity index is 996. The molecule has 1 amide bonds. The molecule has 2 heterocycles.